The number of thioether (sulfide) groups is 1. The van der Waals surface area contributed by atoms with Crippen molar-refractivity contribution < 1.29 is 0 Å². The van der Waals surface area contributed by atoms with Crippen LogP contribution in [0.1, 0.15) is 26.2 Å². The predicted octanol–water partition coefficient (Wildman–Crippen LogP) is 2.73. The lowest BCUT2D eigenvalue weighted by Crippen LogP contribution is -2.31. The number of amidine groups is 1. The number of alkyl halides is 1. The summed E-state index contributed by atoms with van der Waals surface area (Å²) in [6, 6.07) is 0.815. The highest BCUT2D eigenvalue weighted by atomic mass is 79.9. The maximum atomic E-state index is 4.64. The third-order valence-electron chi connectivity index (χ3n) is 2.57. The zero-order valence-electron chi connectivity index (χ0n) is 8.58. The Balaban J connectivity index is 1.91. The molecule has 2 aliphatic rings. The van der Waals surface area contributed by atoms with Gasteiger partial charge in [-0.1, -0.05) is 34.6 Å². The molecule has 0 aromatic rings. The molecular weight excluding hydrogens is 260 g/mol. The van der Waals surface area contributed by atoms with Crippen LogP contribution in [0.5, 0.6) is 0 Å². The molecule has 2 nitrogen and oxygen atoms in total. The van der Waals surface area contributed by atoms with Crippen LogP contribution < -0.4 is 0 Å². The van der Waals surface area contributed by atoms with Crippen molar-refractivity contribution in [3.63, 3.8) is 0 Å². The second-order valence-electron chi connectivity index (χ2n) is 3.94. The summed E-state index contributed by atoms with van der Waals surface area (Å²) in [4.78, 5) is 7.16. The van der Waals surface area contributed by atoms with E-state index in [1.165, 1.54) is 31.0 Å². The quantitative estimate of drug-likeness (QED) is 0.734. The average Bonchev–Trinajstić information content (AvgIpc) is 2.92. The fourth-order valence-electron chi connectivity index (χ4n) is 1.70. The molecule has 14 heavy (non-hydrogen) atoms. The number of hydrogen-bond acceptors (Lipinski definition) is 3. The third kappa shape index (κ3) is 2.45. The van der Waals surface area contributed by atoms with Gasteiger partial charge in [-0.15, -0.1) is 0 Å². The summed E-state index contributed by atoms with van der Waals surface area (Å²) in [6.45, 7) is 4.43. The summed E-state index contributed by atoms with van der Waals surface area (Å²) in [5, 5.41) is 3.04. The fourth-order valence-corrected chi connectivity index (χ4v) is 3.34. The second kappa shape index (κ2) is 4.88. The molecule has 1 atom stereocenters. The first-order valence-corrected chi connectivity index (χ1v) is 7.39. The molecule has 1 unspecified atom stereocenters. The predicted molar refractivity (Wildman–Crippen MR) is 67.5 cm³/mol. The van der Waals surface area contributed by atoms with E-state index in [1.807, 2.05) is 11.8 Å². The Morgan fingerprint density at radius 3 is 2.86 bits per heavy atom. The molecule has 4 heteroatoms. The lowest BCUT2D eigenvalue weighted by molar-refractivity contribution is 0.416. The molecule has 0 bridgehead atoms. The summed E-state index contributed by atoms with van der Waals surface area (Å²) in [7, 11) is 0. The van der Waals surface area contributed by atoms with E-state index < -0.39 is 0 Å². The van der Waals surface area contributed by atoms with E-state index in [1.54, 1.807) is 0 Å². The van der Waals surface area contributed by atoms with Crippen molar-refractivity contribution in [3.8, 4) is 0 Å². The molecule has 80 valence electrons. The van der Waals surface area contributed by atoms with Crippen molar-refractivity contribution in [1.82, 2.24) is 4.90 Å². The molecule has 2 rings (SSSR count). The largest absolute Gasteiger partial charge is 0.349 e. The Morgan fingerprint density at radius 1 is 1.57 bits per heavy atom. The number of halogens is 1. The van der Waals surface area contributed by atoms with Crippen LogP contribution in [0.2, 0.25) is 0 Å². The van der Waals surface area contributed by atoms with Crippen LogP contribution in [-0.2, 0) is 0 Å². The number of hydrogen-bond donors (Lipinski definition) is 0. The van der Waals surface area contributed by atoms with Crippen LogP contribution in [0.3, 0.4) is 0 Å². The minimum absolute atomic E-state index is 0.670. The van der Waals surface area contributed by atoms with Gasteiger partial charge in [-0.3, -0.25) is 4.99 Å². The molecule has 0 amide bonds. The van der Waals surface area contributed by atoms with Crippen LogP contribution >= 0.6 is 27.7 Å². The lowest BCUT2D eigenvalue weighted by atomic mass is 10.4. The topological polar surface area (TPSA) is 15.6 Å². The van der Waals surface area contributed by atoms with E-state index in [0.717, 1.165) is 17.9 Å². The summed E-state index contributed by atoms with van der Waals surface area (Å²) < 4.78 is 0. The minimum Gasteiger partial charge on any atom is -0.349 e. The normalized spacial score (nSPS) is 26.4. The van der Waals surface area contributed by atoms with Gasteiger partial charge in [-0.2, -0.15) is 0 Å². The van der Waals surface area contributed by atoms with Crippen LogP contribution in [-0.4, -0.2) is 39.8 Å². The van der Waals surface area contributed by atoms with Crippen LogP contribution in [0, 0.1) is 0 Å². The Morgan fingerprint density at radius 2 is 2.36 bits per heavy atom. The van der Waals surface area contributed by atoms with Crippen molar-refractivity contribution in [3.05, 3.63) is 0 Å². The number of aliphatic imine (C=N–C) groups is 1. The lowest BCUT2D eigenvalue weighted by Gasteiger charge is -2.23. The molecule has 0 N–H and O–H groups in total. The molecule has 0 aromatic carbocycles. The highest BCUT2D eigenvalue weighted by molar-refractivity contribution is 9.09. The molecule has 0 aromatic heterocycles. The highest BCUT2D eigenvalue weighted by Gasteiger charge is 2.33. The molecule has 1 saturated carbocycles. The molecule has 1 aliphatic heterocycles. The van der Waals surface area contributed by atoms with Gasteiger partial charge < -0.3 is 4.90 Å². The smallest absolute Gasteiger partial charge is 0.159 e. The van der Waals surface area contributed by atoms with Gasteiger partial charge in [0.1, 0.15) is 0 Å². The average molecular weight is 277 g/mol. The van der Waals surface area contributed by atoms with Crippen molar-refractivity contribution in [2.45, 2.75) is 37.5 Å². The molecule has 0 spiro atoms. The Bertz CT molecular complexity index is 228. The Kier molecular flexibility index (Phi) is 3.77. The maximum Gasteiger partial charge on any atom is 0.159 e. The van der Waals surface area contributed by atoms with Crippen LogP contribution in [0.4, 0.5) is 0 Å². The first kappa shape index (κ1) is 10.8. The monoisotopic (exact) mass is 276 g/mol. The Labute approximate surface area is 98.7 Å². The van der Waals surface area contributed by atoms with E-state index in [9.17, 15) is 0 Å². The molecule has 0 radical (unpaired) electrons. The molecule has 1 fully saturated rings. The zero-order chi connectivity index (χ0) is 9.97. The highest BCUT2D eigenvalue weighted by Crippen LogP contribution is 2.33. The van der Waals surface area contributed by atoms with E-state index >= 15 is 0 Å². The Hall–Kier alpha value is 0.300. The van der Waals surface area contributed by atoms with Gasteiger partial charge in [-0.05, 0) is 19.3 Å². The van der Waals surface area contributed by atoms with Gasteiger partial charge in [-0.25, -0.2) is 0 Å². The maximum absolute atomic E-state index is 4.64. The minimum atomic E-state index is 0.670. The fraction of sp³-hybridized carbons (Fsp3) is 0.900. The van der Waals surface area contributed by atoms with Gasteiger partial charge in [0, 0.05) is 23.2 Å². The van der Waals surface area contributed by atoms with Gasteiger partial charge in [0.05, 0.1) is 6.54 Å². The first-order chi connectivity index (χ1) is 6.85. The third-order valence-corrected chi connectivity index (χ3v) is 5.01. The van der Waals surface area contributed by atoms with Gasteiger partial charge in [0.25, 0.3) is 0 Å². The van der Waals surface area contributed by atoms with Gasteiger partial charge in [0.2, 0.25) is 0 Å². The van der Waals surface area contributed by atoms with E-state index in [-0.39, 0.29) is 0 Å². The standard InChI is InChI=1S/C10H17BrN2S/c1-2-5-13(8-3-4-8)10-12-7-9(6-11)14-10/h8-9H,2-7H2,1H3. The summed E-state index contributed by atoms with van der Waals surface area (Å²) in [5.74, 6) is 0. The number of nitrogens with zero attached hydrogens (tertiary/aromatic N) is 2. The molecule has 1 heterocycles. The van der Waals surface area contributed by atoms with Crippen LogP contribution in [0.15, 0.2) is 4.99 Å². The second-order valence-corrected chi connectivity index (χ2v) is 5.86. The van der Waals surface area contributed by atoms with Crippen molar-refractivity contribution in [2.75, 3.05) is 18.4 Å². The van der Waals surface area contributed by atoms with Crippen molar-refractivity contribution in [1.29, 1.82) is 0 Å². The van der Waals surface area contributed by atoms with Crippen molar-refractivity contribution >= 4 is 32.9 Å². The first-order valence-electron chi connectivity index (χ1n) is 5.39. The van der Waals surface area contributed by atoms with E-state index in [2.05, 4.69) is 32.7 Å². The van der Waals surface area contributed by atoms with Gasteiger partial charge in [0.15, 0.2) is 5.17 Å². The summed E-state index contributed by atoms with van der Waals surface area (Å²) in [5.41, 5.74) is 0. The van der Waals surface area contributed by atoms with Gasteiger partial charge >= 0.3 is 0 Å². The summed E-state index contributed by atoms with van der Waals surface area (Å²) >= 11 is 5.49. The van der Waals surface area contributed by atoms with E-state index in [4.69, 9.17) is 0 Å². The molecule has 0 saturated heterocycles. The zero-order valence-corrected chi connectivity index (χ0v) is 11.0. The SMILES string of the molecule is CCCN(C1=NCC(CBr)S1)C1CC1. The van der Waals surface area contributed by atoms with Crippen molar-refractivity contribution in [2.24, 2.45) is 4.99 Å². The van der Waals surface area contributed by atoms with Crippen LogP contribution in [0.25, 0.3) is 0 Å². The summed E-state index contributed by atoms with van der Waals surface area (Å²) in [6.07, 6.45) is 3.98. The molecule has 1 aliphatic carbocycles. The molecular formula is C10H17BrN2S. The van der Waals surface area contributed by atoms with E-state index in [0.29, 0.717) is 5.25 Å². The number of rotatable bonds is 4.